The van der Waals surface area contributed by atoms with Gasteiger partial charge < -0.3 is 15.2 Å². The van der Waals surface area contributed by atoms with Crippen LogP contribution in [0.5, 0.6) is 0 Å². The van der Waals surface area contributed by atoms with Crippen LogP contribution >= 0.6 is 0 Å². The molecule has 3 aromatic rings. The summed E-state index contributed by atoms with van der Waals surface area (Å²) in [6, 6.07) is 12.1. The maximum Gasteiger partial charge on any atom is 0.193 e. The summed E-state index contributed by atoms with van der Waals surface area (Å²) >= 11 is 0. The molecule has 3 rings (SSSR count). The molecule has 1 aromatic carbocycles. The molecule has 2 heterocycles. The third kappa shape index (κ3) is 4.47. The number of aliphatic imine (C=N–C) groups is 1. The van der Waals surface area contributed by atoms with Crippen molar-refractivity contribution in [3.8, 4) is 11.3 Å². The zero-order chi connectivity index (χ0) is 17.5. The van der Waals surface area contributed by atoms with Crippen LogP contribution in [-0.2, 0) is 13.1 Å². The highest BCUT2D eigenvalue weighted by Crippen LogP contribution is 2.16. The van der Waals surface area contributed by atoms with Gasteiger partial charge in [-0.3, -0.25) is 9.67 Å². The van der Waals surface area contributed by atoms with Crippen LogP contribution in [0, 0.1) is 0 Å². The van der Waals surface area contributed by atoms with Crippen molar-refractivity contribution in [1.82, 2.24) is 30.0 Å². The second-order valence-corrected chi connectivity index (χ2v) is 5.71. The Hall–Kier alpha value is -3.09. The first-order valence-corrected chi connectivity index (χ1v) is 8.25. The molecule has 0 saturated carbocycles. The van der Waals surface area contributed by atoms with Gasteiger partial charge in [-0.2, -0.15) is 5.10 Å². The average Bonchev–Trinajstić information content (AvgIpc) is 3.31. The zero-order valence-corrected chi connectivity index (χ0v) is 14.6. The SMILES string of the molecule is CN=C(NCCn1cccn1)N(C)Cc1ncc(-c2ccccc2)[nH]1. The van der Waals surface area contributed by atoms with Crippen LogP contribution in [0.15, 0.2) is 60.0 Å². The van der Waals surface area contributed by atoms with E-state index in [2.05, 4.69) is 37.5 Å². The van der Waals surface area contributed by atoms with Gasteiger partial charge in [-0.25, -0.2) is 4.98 Å². The number of hydrogen-bond acceptors (Lipinski definition) is 3. The first-order valence-electron chi connectivity index (χ1n) is 8.25. The molecule has 0 saturated heterocycles. The Morgan fingerprint density at radius 3 is 2.84 bits per heavy atom. The Kier molecular flexibility index (Phi) is 5.46. The third-order valence-corrected chi connectivity index (χ3v) is 3.86. The summed E-state index contributed by atoms with van der Waals surface area (Å²) in [4.78, 5) is 14.2. The molecule has 130 valence electrons. The number of benzene rings is 1. The molecule has 0 atom stereocenters. The minimum Gasteiger partial charge on any atom is -0.354 e. The fraction of sp³-hybridized carbons (Fsp3) is 0.278. The van der Waals surface area contributed by atoms with Crippen molar-refractivity contribution in [1.29, 1.82) is 0 Å². The Morgan fingerprint density at radius 1 is 1.28 bits per heavy atom. The number of guanidine groups is 1. The summed E-state index contributed by atoms with van der Waals surface area (Å²) in [5.41, 5.74) is 2.15. The average molecular weight is 337 g/mol. The molecule has 2 aromatic heterocycles. The van der Waals surface area contributed by atoms with Crippen molar-refractivity contribution in [3.63, 3.8) is 0 Å². The maximum atomic E-state index is 4.48. The largest absolute Gasteiger partial charge is 0.354 e. The number of imidazole rings is 1. The number of aromatic amines is 1. The van der Waals surface area contributed by atoms with E-state index in [9.17, 15) is 0 Å². The summed E-state index contributed by atoms with van der Waals surface area (Å²) in [5.74, 6) is 1.72. The summed E-state index contributed by atoms with van der Waals surface area (Å²) < 4.78 is 1.89. The molecule has 0 aliphatic rings. The summed E-state index contributed by atoms with van der Waals surface area (Å²) in [6.07, 6.45) is 5.59. The van der Waals surface area contributed by atoms with Crippen molar-refractivity contribution in [2.45, 2.75) is 13.1 Å². The smallest absolute Gasteiger partial charge is 0.193 e. The number of H-pyrrole nitrogens is 1. The number of nitrogens with zero attached hydrogens (tertiary/aromatic N) is 5. The lowest BCUT2D eigenvalue weighted by Crippen LogP contribution is -2.40. The van der Waals surface area contributed by atoms with E-state index in [-0.39, 0.29) is 0 Å². The lowest BCUT2D eigenvalue weighted by atomic mass is 10.2. The van der Waals surface area contributed by atoms with Gasteiger partial charge in [0.15, 0.2) is 5.96 Å². The van der Waals surface area contributed by atoms with Crippen molar-refractivity contribution >= 4 is 5.96 Å². The van der Waals surface area contributed by atoms with Crippen LogP contribution in [0.2, 0.25) is 0 Å². The molecule has 0 aliphatic carbocycles. The van der Waals surface area contributed by atoms with E-state index in [1.807, 2.05) is 53.3 Å². The molecular formula is C18H23N7. The number of hydrogen-bond donors (Lipinski definition) is 2. The predicted octanol–water partition coefficient (Wildman–Crippen LogP) is 1.98. The van der Waals surface area contributed by atoms with Crippen molar-refractivity contribution in [3.05, 3.63) is 60.8 Å². The van der Waals surface area contributed by atoms with Crippen LogP contribution in [0.4, 0.5) is 0 Å². The van der Waals surface area contributed by atoms with Crippen LogP contribution in [-0.4, -0.2) is 51.2 Å². The lowest BCUT2D eigenvalue weighted by molar-refractivity contribution is 0.459. The van der Waals surface area contributed by atoms with Crippen LogP contribution in [0.1, 0.15) is 5.82 Å². The Bertz CT molecular complexity index is 790. The van der Waals surface area contributed by atoms with Gasteiger partial charge in [-0.1, -0.05) is 30.3 Å². The molecule has 0 spiro atoms. The third-order valence-electron chi connectivity index (χ3n) is 3.86. The summed E-state index contributed by atoms with van der Waals surface area (Å²) in [6.45, 7) is 2.19. The molecule has 7 heteroatoms. The Labute approximate surface area is 147 Å². The molecule has 0 unspecified atom stereocenters. The minimum absolute atomic E-state index is 0.647. The highest BCUT2D eigenvalue weighted by atomic mass is 15.3. The van der Waals surface area contributed by atoms with Gasteiger partial charge in [0.25, 0.3) is 0 Å². The first-order chi connectivity index (χ1) is 12.3. The summed E-state index contributed by atoms with van der Waals surface area (Å²) in [5, 5.41) is 7.53. The second kappa shape index (κ2) is 8.14. The standard InChI is InChI=1S/C18H23N7/c1-19-18(20-10-12-25-11-6-9-22-25)24(2)14-17-21-13-16(23-17)15-7-4-3-5-8-15/h3-9,11,13H,10,12,14H2,1-2H3,(H,19,20)(H,21,23). The van der Waals surface area contributed by atoms with Crippen LogP contribution < -0.4 is 5.32 Å². The van der Waals surface area contributed by atoms with E-state index in [1.54, 1.807) is 13.2 Å². The molecular weight excluding hydrogens is 314 g/mol. The van der Waals surface area contributed by atoms with E-state index in [0.29, 0.717) is 6.54 Å². The topological polar surface area (TPSA) is 74.1 Å². The molecule has 25 heavy (non-hydrogen) atoms. The monoisotopic (exact) mass is 337 g/mol. The molecule has 0 aliphatic heterocycles. The number of aromatic nitrogens is 4. The molecule has 0 bridgehead atoms. The predicted molar refractivity (Wildman–Crippen MR) is 99.1 cm³/mol. The quantitative estimate of drug-likeness (QED) is 0.533. The zero-order valence-electron chi connectivity index (χ0n) is 14.6. The van der Waals surface area contributed by atoms with E-state index in [0.717, 1.165) is 36.1 Å². The van der Waals surface area contributed by atoms with Crippen molar-refractivity contribution in [2.24, 2.45) is 4.99 Å². The van der Waals surface area contributed by atoms with Gasteiger partial charge in [-0.15, -0.1) is 0 Å². The number of rotatable bonds is 6. The molecule has 0 amide bonds. The normalized spacial score (nSPS) is 11.5. The second-order valence-electron chi connectivity index (χ2n) is 5.71. The van der Waals surface area contributed by atoms with Crippen molar-refractivity contribution < 1.29 is 0 Å². The molecule has 2 N–H and O–H groups in total. The molecule has 0 radical (unpaired) electrons. The molecule has 7 nitrogen and oxygen atoms in total. The number of nitrogens with one attached hydrogen (secondary N) is 2. The lowest BCUT2D eigenvalue weighted by Gasteiger charge is -2.21. The van der Waals surface area contributed by atoms with E-state index < -0.39 is 0 Å². The maximum absolute atomic E-state index is 4.48. The van der Waals surface area contributed by atoms with Crippen molar-refractivity contribution in [2.75, 3.05) is 20.6 Å². The van der Waals surface area contributed by atoms with Crippen LogP contribution in [0.3, 0.4) is 0 Å². The first kappa shape index (κ1) is 16.8. The highest BCUT2D eigenvalue weighted by molar-refractivity contribution is 5.79. The Balaban J connectivity index is 1.55. The fourth-order valence-electron chi connectivity index (χ4n) is 2.61. The van der Waals surface area contributed by atoms with Gasteiger partial charge in [0.05, 0.1) is 25.0 Å². The van der Waals surface area contributed by atoms with E-state index >= 15 is 0 Å². The minimum atomic E-state index is 0.647. The Morgan fingerprint density at radius 2 is 2.12 bits per heavy atom. The van der Waals surface area contributed by atoms with E-state index in [4.69, 9.17) is 0 Å². The molecule has 0 fully saturated rings. The van der Waals surface area contributed by atoms with Gasteiger partial charge >= 0.3 is 0 Å². The van der Waals surface area contributed by atoms with Crippen LogP contribution in [0.25, 0.3) is 11.3 Å². The van der Waals surface area contributed by atoms with Gasteiger partial charge in [-0.05, 0) is 11.6 Å². The summed E-state index contributed by atoms with van der Waals surface area (Å²) in [7, 11) is 3.78. The fourth-order valence-corrected chi connectivity index (χ4v) is 2.61. The van der Waals surface area contributed by atoms with Gasteiger partial charge in [0.2, 0.25) is 0 Å². The van der Waals surface area contributed by atoms with Gasteiger partial charge in [0, 0.05) is 33.0 Å². The van der Waals surface area contributed by atoms with Gasteiger partial charge in [0.1, 0.15) is 5.82 Å². The highest BCUT2D eigenvalue weighted by Gasteiger charge is 2.09. The van der Waals surface area contributed by atoms with E-state index in [1.165, 1.54) is 0 Å².